The third-order valence-corrected chi connectivity index (χ3v) is 4.90. The molecule has 0 aromatic carbocycles. The molecule has 3 nitrogen and oxygen atoms in total. The summed E-state index contributed by atoms with van der Waals surface area (Å²) < 4.78 is 0. The lowest BCUT2D eigenvalue weighted by molar-refractivity contribution is 0.103. The van der Waals surface area contributed by atoms with Gasteiger partial charge >= 0.3 is 0 Å². The third-order valence-electron chi connectivity index (χ3n) is 4.90. The maximum absolute atomic E-state index is 3.81. The van der Waals surface area contributed by atoms with Gasteiger partial charge in [0.05, 0.1) is 0 Å². The number of allylic oxidation sites excluding steroid dienone is 1. The number of nitrogens with zero attached hydrogens (tertiary/aromatic N) is 2. The van der Waals surface area contributed by atoms with Crippen molar-refractivity contribution in [3.8, 4) is 0 Å². The zero-order chi connectivity index (χ0) is 14.4. The van der Waals surface area contributed by atoms with Gasteiger partial charge in [-0.05, 0) is 59.2 Å². The fourth-order valence-corrected chi connectivity index (χ4v) is 3.49. The van der Waals surface area contributed by atoms with Gasteiger partial charge in [0.25, 0.3) is 0 Å². The predicted molar refractivity (Wildman–Crippen MR) is 87.2 cm³/mol. The van der Waals surface area contributed by atoms with E-state index in [0.29, 0.717) is 12.1 Å². The first kappa shape index (κ1) is 16.0. The molecule has 0 amide bonds. The van der Waals surface area contributed by atoms with Crippen LogP contribution in [0.2, 0.25) is 0 Å². The highest BCUT2D eigenvalue weighted by Crippen LogP contribution is 2.24. The molecular formula is C17H33N3. The van der Waals surface area contributed by atoms with E-state index in [1.165, 1.54) is 58.2 Å². The molecule has 0 bridgehead atoms. The van der Waals surface area contributed by atoms with Crippen molar-refractivity contribution in [1.82, 2.24) is 15.1 Å². The lowest BCUT2D eigenvalue weighted by Crippen LogP contribution is -2.52. The van der Waals surface area contributed by atoms with Crippen LogP contribution >= 0.6 is 0 Å². The lowest BCUT2D eigenvalue weighted by atomic mass is 9.89. The number of likely N-dealkylation sites (N-methyl/N-ethyl adjacent to an activating group) is 2. The van der Waals surface area contributed by atoms with E-state index in [4.69, 9.17) is 0 Å². The topological polar surface area (TPSA) is 18.5 Å². The largest absolute Gasteiger partial charge is 0.310 e. The summed E-state index contributed by atoms with van der Waals surface area (Å²) in [5.74, 6) is 0. The Hall–Kier alpha value is -0.380. The second-order valence-corrected chi connectivity index (χ2v) is 6.66. The maximum atomic E-state index is 3.81. The molecule has 1 aliphatic carbocycles. The Kier molecular flexibility index (Phi) is 6.53. The second kappa shape index (κ2) is 8.16. The summed E-state index contributed by atoms with van der Waals surface area (Å²) in [7, 11) is 4.55. The average Bonchev–Trinajstić information content (AvgIpc) is 2.48. The van der Waals surface area contributed by atoms with Crippen molar-refractivity contribution in [2.45, 2.75) is 57.5 Å². The number of hydrogen-bond acceptors (Lipinski definition) is 3. The van der Waals surface area contributed by atoms with E-state index in [0.717, 1.165) is 6.54 Å². The van der Waals surface area contributed by atoms with E-state index in [1.54, 1.807) is 5.57 Å². The van der Waals surface area contributed by atoms with Gasteiger partial charge in [-0.2, -0.15) is 0 Å². The highest BCUT2D eigenvalue weighted by molar-refractivity contribution is 5.14. The van der Waals surface area contributed by atoms with Gasteiger partial charge in [-0.15, -0.1) is 0 Å². The van der Waals surface area contributed by atoms with Crippen molar-refractivity contribution in [3.05, 3.63) is 11.6 Å². The van der Waals surface area contributed by atoms with Crippen LogP contribution in [-0.4, -0.2) is 62.2 Å². The van der Waals surface area contributed by atoms with Crippen LogP contribution in [0.5, 0.6) is 0 Å². The van der Waals surface area contributed by atoms with Gasteiger partial charge in [-0.1, -0.05) is 18.6 Å². The molecule has 0 saturated carbocycles. The zero-order valence-electron chi connectivity index (χ0n) is 13.7. The molecular weight excluding hydrogens is 246 g/mol. The SMILES string of the molecule is CCCNC(CC1CN(C)CCN1C)C1=CCCCC1. The van der Waals surface area contributed by atoms with Crippen LogP contribution in [0.25, 0.3) is 0 Å². The maximum Gasteiger partial charge on any atom is 0.0294 e. The van der Waals surface area contributed by atoms with E-state index in [1.807, 2.05) is 0 Å². The Morgan fingerprint density at radius 2 is 2.15 bits per heavy atom. The molecule has 2 unspecified atom stereocenters. The van der Waals surface area contributed by atoms with Crippen molar-refractivity contribution in [2.24, 2.45) is 0 Å². The highest BCUT2D eigenvalue weighted by atomic mass is 15.3. The van der Waals surface area contributed by atoms with E-state index in [2.05, 4.69) is 42.2 Å². The average molecular weight is 279 g/mol. The Morgan fingerprint density at radius 1 is 1.30 bits per heavy atom. The van der Waals surface area contributed by atoms with Crippen molar-refractivity contribution >= 4 is 0 Å². The fraction of sp³-hybridized carbons (Fsp3) is 0.882. The van der Waals surface area contributed by atoms with Crippen molar-refractivity contribution in [1.29, 1.82) is 0 Å². The number of piperazine rings is 1. The molecule has 0 aromatic heterocycles. The van der Waals surface area contributed by atoms with Crippen LogP contribution in [0.3, 0.4) is 0 Å². The molecule has 1 N–H and O–H groups in total. The summed E-state index contributed by atoms with van der Waals surface area (Å²) in [5.41, 5.74) is 1.69. The van der Waals surface area contributed by atoms with Crippen LogP contribution in [0.1, 0.15) is 45.4 Å². The van der Waals surface area contributed by atoms with Crippen LogP contribution < -0.4 is 5.32 Å². The molecule has 0 radical (unpaired) electrons. The van der Waals surface area contributed by atoms with Gasteiger partial charge in [0, 0.05) is 31.7 Å². The van der Waals surface area contributed by atoms with Gasteiger partial charge in [0.1, 0.15) is 0 Å². The van der Waals surface area contributed by atoms with Gasteiger partial charge in [0.15, 0.2) is 0 Å². The van der Waals surface area contributed by atoms with Crippen LogP contribution in [0, 0.1) is 0 Å². The van der Waals surface area contributed by atoms with Crippen LogP contribution in [0.4, 0.5) is 0 Å². The van der Waals surface area contributed by atoms with Crippen LogP contribution in [0.15, 0.2) is 11.6 Å². The minimum Gasteiger partial charge on any atom is -0.310 e. The molecule has 0 aromatic rings. The third kappa shape index (κ3) is 4.57. The molecule has 2 aliphatic rings. The molecule has 2 rings (SSSR count). The predicted octanol–water partition coefficient (Wildman–Crippen LogP) is 2.49. The Bertz CT molecular complexity index is 313. The van der Waals surface area contributed by atoms with Gasteiger partial charge in [-0.25, -0.2) is 0 Å². The molecule has 1 fully saturated rings. The normalized spacial score (nSPS) is 27.4. The Morgan fingerprint density at radius 3 is 2.85 bits per heavy atom. The first-order chi connectivity index (χ1) is 9.70. The van der Waals surface area contributed by atoms with E-state index >= 15 is 0 Å². The molecule has 1 heterocycles. The molecule has 1 aliphatic heterocycles. The molecule has 20 heavy (non-hydrogen) atoms. The molecule has 2 atom stereocenters. The molecule has 116 valence electrons. The summed E-state index contributed by atoms with van der Waals surface area (Å²) in [6.07, 6.45) is 10.4. The number of nitrogens with one attached hydrogen (secondary N) is 1. The monoisotopic (exact) mass is 279 g/mol. The number of rotatable bonds is 6. The zero-order valence-corrected chi connectivity index (χ0v) is 13.7. The lowest BCUT2D eigenvalue weighted by Gasteiger charge is -2.40. The fourth-order valence-electron chi connectivity index (χ4n) is 3.49. The summed E-state index contributed by atoms with van der Waals surface area (Å²) >= 11 is 0. The standard InChI is InChI=1S/C17H33N3/c1-4-10-18-17(15-8-6-5-7-9-15)13-16-14-19(2)11-12-20(16)3/h8,16-18H,4-7,9-14H2,1-3H3. The number of hydrogen-bond donors (Lipinski definition) is 1. The summed E-state index contributed by atoms with van der Waals surface area (Å²) in [6.45, 7) is 7.05. The summed E-state index contributed by atoms with van der Waals surface area (Å²) in [6, 6.07) is 1.31. The second-order valence-electron chi connectivity index (χ2n) is 6.66. The van der Waals surface area contributed by atoms with Gasteiger partial charge in [-0.3, -0.25) is 0 Å². The minimum absolute atomic E-state index is 0.606. The van der Waals surface area contributed by atoms with E-state index in [-0.39, 0.29) is 0 Å². The van der Waals surface area contributed by atoms with Gasteiger partial charge < -0.3 is 15.1 Å². The van der Waals surface area contributed by atoms with Gasteiger partial charge in [0.2, 0.25) is 0 Å². The highest BCUT2D eigenvalue weighted by Gasteiger charge is 2.26. The van der Waals surface area contributed by atoms with Crippen molar-refractivity contribution in [2.75, 3.05) is 40.3 Å². The quantitative estimate of drug-likeness (QED) is 0.754. The molecule has 3 heteroatoms. The Balaban J connectivity index is 1.96. The van der Waals surface area contributed by atoms with Crippen molar-refractivity contribution < 1.29 is 0 Å². The molecule has 0 spiro atoms. The minimum atomic E-state index is 0.606. The summed E-state index contributed by atoms with van der Waals surface area (Å²) in [4.78, 5) is 5.04. The first-order valence-electron chi connectivity index (χ1n) is 8.51. The van der Waals surface area contributed by atoms with E-state index in [9.17, 15) is 0 Å². The van der Waals surface area contributed by atoms with Crippen molar-refractivity contribution in [3.63, 3.8) is 0 Å². The Labute approximate surface area is 125 Å². The smallest absolute Gasteiger partial charge is 0.0294 e. The van der Waals surface area contributed by atoms with Crippen LogP contribution in [-0.2, 0) is 0 Å². The molecule has 1 saturated heterocycles. The summed E-state index contributed by atoms with van der Waals surface area (Å²) in [5, 5.41) is 3.81. The van der Waals surface area contributed by atoms with E-state index < -0.39 is 0 Å². The first-order valence-corrected chi connectivity index (χ1v) is 8.51.